The first-order valence-electron chi connectivity index (χ1n) is 7.25. The molecule has 1 N–H and O–H groups in total. The first-order chi connectivity index (χ1) is 10.2. The average Bonchev–Trinajstić information content (AvgIpc) is 2.50. The van der Waals surface area contributed by atoms with Crippen molar-refractivity contribution in [2.75, 3.05) is 21.2 Å². The smallest absolute Gasteiger partial charge is 0.118 e. The molecule has 0 saturated heterocycles. The first kappa shape index (κ1) is 15.5. The van der Waals surface area contributed by atoms with Gasteiger partial charge < -0.3 is 10.1 Å². The summed E-state index contributed by atoms with van der Waals surface area (Å²) in [6.07, 6.45) is 0. The minimum atomic E-state index is 0.903. The van der Waals surface area contributed by atoms with Crippen molar-refractivity contribution >= 4 is 0 Å². The summed E-state index contributed by atoms with van der Waals surface area (Å²) in [5.41, 5.74) is 4.04. The summed E-state index contributed by atoms with van der Waals surface area (Å²) in [5.74, 6) is 0.903. The van der Waals surface area contributed by atoms with Crippen molar-refractivity contribution < 1.29 is 4.74 Å². The molecule has 0 heterocycles. The molecule has 112 valence electrons. The highest BCUT2D eigenvalue weighted by atomic mass is 16.5. The lowest BCUT2D eigenvalue weighted by molar-refractivity contribution is 0.317. The third-order valence-corrected chi connectivity index (χ3v) is 3.54. The SMILES string of the molecule is CNCc1ccccc1CN(C)Cc1ccc(OC)cc1. The molecule has 3 heteroatoms. The molecule has 0 aromatic heterocycles. The van der Waals surface area contributed by atoms with Crippen LogP contribution in [0.2, 0.25) is 0 Å². The number of hydrogen-bond acceptors (Lipinski definition) is 3. The van der Waals surface area contributed by atoms with Crippen LogP contribution in [0.25, 0.3) is 0 Å². The molecular weight excluding hydrogens is 260 g/mol. The Bertz CT molecular complexity index is 551. The lowest BCUT2D eigenvalue weighted by atomic mass is 10.1. The fraction of sp³-hybridized carbons (Fsp3) is 0.333. The van der Waals surface area contributed by atoms with Gasteiger partial charge in [0.15, 0.2) is 0 Å². The number of ether oxygens (including phenoxy) is 1. The molecule has 0 amide bonds. The summed E-state index contributed by atoms with van der Waals surface area (Å²) in [6, 6.07) is 16.9. The van der Waals surface area contributed by atoms with Crippen molar-refractivity contribution in [3.63, 3.8) is 0 Å². The summed E-state index contributed by atoms with van der Waals surface area (Å²) >= 11 is 0. The monoisotopic (exact) mass is 284 g/mol. The highest BCUT2D eigenvalue weighted by Crippen LogP contribution is 2.15. The van der Waals surface area contributed by atoms with Gasteiger partial charge in [0, 0.05) is 19.6 Å². The van der Waals surface area contributed by atoms with Gasteiger partial charge in [0.05, 0.1) is 7.11 Å². The molecular formula is C18H24N2O. The Kier molecular flexibility index (Phi) is 5.78. The molecule has 2 aromatic carbocycles. The fourth-order valence-electron chi connectivity index (χ4n) is 2.46. The molecule has 0 fully saturated rings. The highest BCUT2D eigenvalue weighted by Gasteiger charge is 2.06. The average molecular weight is 284 g/mol. The Labute approximate surface area is 127 Å². The van der Waals surface area contributed by atoms with E-state index >= 15 is 0 Å². The van der Waals surface area contributed by atoms with E-state index in [9.17, 15) is 0 Å². The first-order valence-corrected chi connectivity index (χ1v) is 7.25. The largest absolute Gasteiger partial charge is 0.497 e. The molecule has 0 unspecified atom stereocenters. The lowest BCUT2D eigenvalue weighted by Gasteiger charge is -2.19. The molecule has 0 aliphatic carbocycles. The number of nitrogens with zero attached hydrogens (tertiary/aromatic N) is 1. The standard InChI is InChI=1S/C18H24N2O/c1-19-12-16-6-4-5-7-17(16)14-20(2)13-15-8-10-18(21-3)11-9-15/h4-11,19H,12-14H2,1-3H3. The van der Waals surface area contributed by atoms with Gasteiger partial charge in [0.25, 0.3) is 0 Å². The van der Waals surface area contributed by atoms with Crippen LogP contribution in [0.15, 0.2) is 48.5 Å². The van der Waals surface area contributed by atoms with Crippen molar-refractivity contribution in [1.29, 1.82) is 0 Å². The molecule has 0 aliphatic rings. The maximum absolute atomic E-state index is 5.19. The van der Waals surface area contributed by atoms with Crippen LogP contribution in [0.5, 0.6) is 5.75 Å². The van der Waals surface area contributed by atoms with E-state index in [1.165, 1.54) is 16.7 Å². The summed E-state index contributed by atoms with van der Waals surface area (Å²) in [7, 11) is 5.83. The molecule has 2 rings (SSSR count). The molecule has 0 saturated carbocycles. The molecule has 0 spiro atoms. The Morgan fingerprint density at radius 2 is 1.62 bits per heavy atom. The highest BCUT2D eigenvalue weighted by molar-refractivity contribution is 5.28. The van der Waals surface area contributed by atoms with Crippen LogP contribution in [-0.2, 0) is 19.6 Å². The number of methoxy groups -OCH3 is 1. The van der Waals surface area contributed by atoms with E-state index in [1.807, 2.05) is 19.2 Å². The molecule has 3 nitrogen and oxygen atoms in total. The van der Waals surface area contributed by atoms with Crippen LogP contribution < -0.4 is 10.1 Å². The van der Waals surface area contributed by atoms with Gasteiger partial charge in [0.2, 0.25) is 0 Å². The van der Waals surface area contributed by atoms with Crippen LogP contribution >= 0.6 is 0 Å². The molecule has 0 atom stereocenters. The summed E-state index contributed by atoms with van der Waals surface area (Å²) < 4.78 is 5.19. The van der Waals surface area contributed by atoms with E-state index in [0.29, 0.717) is 0 Å². The van der Waals surface area contributed by atoms with E-state index in [4.69, 9.17) is 4.74 Å². The van der Waals surface area contributed by atoms with Crippen molar-refractivity contribution in [2.45, 2.75) is 19.6 Å². The molecule has 0 radical (unpaired) electrons. The van der Waals surface area contributed by atoms with E-state index in [-0.39, 0.29) is 0 Å². The minimum Gasteiger partial charge on any atom is -0.497 e. The number of benzene rings is 2. The Balaban J connectivity index is 1.99. The number of hydrogen-bond donors (Lipinski definition) is 1. The second-order valence-electron chi connectivity index (χ2n) is 5.32. The summed E-state index contributed by atoms with van der Waals surface area (Å²) in [4.78, 5) is 2.33. The molecule has 0 aliphatic heterocycles. The Hall–Kier alpha value is -1.84. The van der Waals surface area contributed by atoms with Crippen molar-refractivity contribution in [3.8, 4) is 5.75 Å². The van der Waals surface area contributed by atoms with E-state index in [1.54, 1.807) is 7.11 Å². The Morgan fingerprint density at radius 3 is 2.24 bits per heavy atom. The van der Waals surface area contributed by atoms with Gasteiger partial charge in [-0.05, 0) is 42.9 Å². The maximum Gasteiger partial charge on any atom is 0.118 e. The maximum atomic E-state index is 5.19. The van der Waals surface area contributed by atoms with Crippen LogP contribution in [0, 0.1) is 0 Å². The Morgan fingerprint density at radius 1 is 0.952 bits per heavy atom. The number of nitrogens with one attached hydrogen (secondary N) is 1. The van der Waals surface area contributed by atoms with Crippen molar-refractivity contribution in [3.05, 3.63) is 65.2 Å². The van der Waals surface area contributed by atoms with Crippen LogP contribution in [0.4, 0.5) is 0 Å². The minimum absolute atomic E-state index is 0.903. The van der Waals surface area contributed by atoms with Crippen LogP contribution in [0.1, 0.15) is 16.7 Å². The van der Waals surface area contributed by atoms with E-state index in [2.05, 4.69) is 53.7 Å². The van der Waals surface area contributed by atoms with E-state index < -0.39 is 0 Å². The second-order valence-corrected chi connectivity index (χ2v) is 5.32. The fourth-order valence-corrected chi connectivity index (χ4v) is 2.46. The normalized spacial score (nSPS) is 10.9. The van der Waals surface area contributed by atoms with Crippen molar-refractivity contribution in [1.82, 2.24) is 10.2 Å². The van der Waals surface area contributed by atoms with Gasteiger partial charge in [-0.3, -0.25) is 4.90 Å². The number of rotatable bonds is 7. The molecule has 0 bridgehead atoms. The van der Waals surface area contributed by atoms with Gasteiger partial charge >= 0.3 is 0 Å². The zero-order valence-corrected chi connectivity index (χ0v) is 13.1. The predicted octanol–water partition coefficient (Wildman–Crippen LogP) is 3.05. The summed E-state index contributed by atoms with van der Waals surface area (Å²) in [6.45, 7) is 2.79. The van der Waals surface area contributed by atoms with Gasteiger partial charge in [0.1, 0.15) is 5.75 Å². The zero-order valence-electron chi connectivity index (χ0n) is 13.1. The van der Waals surface area contributed by atoms with Gasteiger partial charge in [-0.1, -0.05) is 36.4 Å². The van der Waals surface area contributed by atoms with Gasteiger partial charge in [-0.2, -0.15) is 0 Å². The van der Waals surface area contributed by atoms with Crippen molar-refractivity contribution in [2.24, 2.45) is 0 Å². The third kappa shape index (κ3) is 4.59. The predicted molar refractivity (Wildman–Crippen MR) is 87.4 cm³/mol. The third-order valence-electron chi connectivity index (χ3n) is 3.54. The van der Waals surface area contributed by atoms with Gasteiger partial charge in [-0.25, -0.2) is 0 Å². The van der Waals surface area contributed by atoms with Gasteiger partial charge in [-0.15, -0.1) is 0 Å². The topological polar surface area (TPSA) is 24.5 Å². The van der Waals surface area contributed by atoms with Crippen LogP contribution in [-0.4, -0.2) is 26.1 Å². The summed E-state index contributed by atoms with van der Waals surface area (Å²) in [5, 5.41) is 3.23. The molecule has 21 heavy (non-hydrogen) atoms. The second kappa shape index (κ2) is 7.81. The lowest BCUT2D eigenvalue weighted by Crippen LogP contribution is -2.19. The quantitative estimate of drug-likeness (QED) is 0.846. The zero-order chi connectivity index (χ0) is 15.1. The van der Waals surface area contributed by atoms with Crippen LogP contribution in [0.3, 0.4) is 0 Å². The van der Waals surface area contributed by atoms with E-state index in [0.717, 1.165) is 25.4 Å². The molecule has 2 aromatic rings.